The van der Waals surface area contributed by atoms with Gasteiger partial charge >= 0.3 is 0 Å². The topological polar surface area (TPSA) is 47.7 Å². The summed E-state index contributed by atoms with van der Waals surface area (Å²) < 4.78 is 11.9. The molecule has 0 bridgehead atoms. The van der Waals surface area contributed by atoms with Crippen LogP contribution in [0.25, 0.3) is 0 Å². The Bertz CT molecular complexity index is 519. The first-order valence-electron chi connectivity index (χ1n) is 7.02. The zero-order valence-corrected chi connectivity index (χ0v) is 13.6. The Morgan fingerprint density at radius 3 is 2.75 bits per heavy atom. The van der Waals surface area contributed by atoms with Crippen molar-refractivity contribution in [3.8, 4) is 11.5 Å². The molecule has 1 fully saturated rings. The second-order valence-corrected chi connectivity index (χ2v) is 7.25. The molecule has 2 N–H and O–H groups in total. The van der Waals surface area contributed by atoms with E-state index in [4.69, 9.17) is 15.2 Å². The number of nitrogens with two attached hydrogens (primary N) is 1. The molecule has 110 valence electrons. The molecule has 0 amide bonds. The number of hydrogen-bond donors (Lipinski definition) is 1. The van der Waals surface area contributed by atoms with E-state index < -0.39 is 0 Å². The van der Waals surface area contributed by atoms with Gasteiger partial charge in [-0.25, -0.2) is 0 Å². The van der Waals surface area contributed by atoms with Gasteiger partial charge in [0, 0.05) is 30.1 Å². The number of hydrogen-bond acceptors (Lipinski definition) is 4. The Morgan fingerprint density at radius 2 is 2.05 bits per heavy atom. The molecule has 3 rings (SSSR count). The summed E-state index contributed by atoms with van der Waals surface area (Å²) in [5, 5.41) is 0. The van der Waals surface area contributed by atoms with Gasteiger partial charge in [-0.15, -0.1) is 0 Å². The van der Waals surface area contributed by atoms with Crippen molar-refractivity contribution >= 4 is 15.9 Å². The largest absolute Gasteiger partial charge is 0.454 e. The van der Waals surface area contributed by atoms with E-state index in [0.29, 0.717) is 12.8 Å². The Kier molecular flexibility index (Phi) is 3.69. The average molecular weight is 341 g/mol. The normalized spacial score (nSPS) is 24.9. The quantitative estimate of drug-likeness (QED) is 0.899. The summed E-state index contributed by atoms with van der Waals surface area (Å²) in [6, 6.07) is 4.37. The minimum Gasteiger partial charge on any atom is -0.454 e. The molecule has 2 aliphatic heterocycles. The first-order valence-corrected chi connectivity index (χ1v) is 7.81. The molecule has 0 saturated carbocycles. The van der Waals surface area contributed by atoms with Gasteiger partial charge < -0.3 is 15.2 Å². The molecular weight excluding hydrogens is 320 g/mol. The van der Waals surface area contributed by atoms with Crippen LogP contribution in [0.5, 0.6) is 11.5 Å². The zero-order valence-electron chi connectivity index (χ0n) is 12.0. The number of likely N-dealkylation sites (tertiary alicyclic amines) is 1. The highest BCUT2D eigenvalue weighted by Crippen LogP contribution is 2.38. The molecule has 1 saturated heterocycles. The number of halogens is 1. The van der Waals surface area contributed by atoms with Crippen molar-refractivity contribution < 1.29 is 9.47 Å². The van der Waals surface area contributed by atoms with Crippen LogP contribution in [0, 0.1) is 5.41 Å². The van der Waals surface area contributed by atoms with Crippen molar-refractivity contribution in [3.63, 3.8) is 0 Å². The van der Waals surface area contributed by atoms with E-state index >= 15 is 0 Å². The summed E-state index contributed by atoms with van der Waals surface area (Å²) in [4.78, 5) is 2.46. The van der Waals surface area contributed by atoms with E-state index in [2.05, 4.69) is 40.7 Å². The molecule has 1 atom stereocenters. The molecule has 0 aliphatic carbocycles. The predicted molar refractivity (Wildman–Crippen MR) is 81.9 cm³/mol. The minimum absolute atomic E-state index is 0.168. The number of fused-ring (bicyclic) bond motifs is 1. The summed E-state index contributed by atoms with van der Waals surface area (Å²) in [7, 11) is 0. The SMILES string of the molecule is CC1(C)CN(Cc2cc3c(cc2Br)OCO3)CCC1N. The standard InChI is InChI=1S/C15H21BrN2O2/c1-15(2)8-18(4-3-14(15)17)7-10-5-12-13(6-11(10)16)20-9-19-12/h5-6,14H,3-4,7-9,17H2,1-2H3. The van der Waals surface area contributed by atoms with Gasteiger partial charge in [0.05, 0.1) is 0 Å². The third-order valence-electron chi connectivity index (χ3n) is 4.33. The third-order valence-corrected chi connectivity index (χ3v) is 5.06. The third kappa shape index (κ3) is 2.67. The number of benzene rings is 1. The highest BCUT2D eigenvalue weighted by atomic mass is 79.9. The summed E-state index contributed by atoms with van der Waals surface area (Å²) in [5.41, 5.74) is 7.60. The lowest BCUT2D eigenvalue weighted by Gasteiger charge is -2.42. The average Bonchev–Trinajstić information content (AvgIpc) is 2.81. The summed E-state index contributed by atoms with van der Waals surface area (Å²) in [6.07, 6.45) is 1.05. The molecule has 0 aromatic heterocycles. The molecule has 0 radical (unpaired) electrons. The van der Waals surface area contributed by atoms with Gasteiger partial charge in [-0.2, -0.15) is 0 Å². The lowest BCUT2D eigenvalue weighted by molar-refractivity contribution is 0.0897. The molecule has 1 aromatic carbocycles. The van der Waals surface area contributed by atoms with Crippen molar-refractivity contribution in [3.05, 3.63) is 22.2 Å². The molecular formula is C15H21BrN2O2. The highest BCUT2D eigenvalue weighted by Gasteiger charge is 2.33. The fourth-order valence-corrected chi connectivity index (χ4v) is 3.39. The van der Waals surface area contributed by atoms with Gasteiger partial charge in [0.25, 0.3) is 0 Å². The van der Waals surface area contributed by atoms with Gasteiger partial charge in [0.2, 0.25) is 6.79 Å². The van der Waals surface area contributed by atoms with Gasteiger partial charge in [-0.1, -0.05) is 29.8 Å². The van der Waals surface area contributed by atoms with E-state index in [0.717, 1.165) is 42.0 Å². The van der Waals surface area contributed by atoms with Gasteiger partial charge in [-0.05, 0) is 29.5 Å². The van der Waals surface area contributed by atoms with Crippen LogP contribution < -0.4 is 15.2 Å². The van der Waals surface area contributed by atoms with Crippen molar-refractivity contribution in [2.45, 2.75) is 32.9 Å². The minimum atomic E-state index is 0.168. The van der Waals surface area contributed by atoms with Crippen LogP contribution in [0.3, 0.4) is 0 Å². The number of nitrogens with zero attached hydrogens (tertiary/aromatic N) is 1. The lowest BCUT2D eigenvalue weighted by Crippen LogP contribution is -2.52. The number of piperidine rings is 1. The molecule has 5 heteroatoms. The maximum Gasteiger partial charge on any atom is 0.231 e. The molecule has 20 heavy (non-hydrogen) atoms. The van der Waals surface area contributed by atoms with Crippen LogP contribution in [-0.2, 0) is 6.54 Å². The van der Waals surface area contributed by atoms with Crippen LogP contribution in [-0.4, -0.2) is 30.8 Å². The van der Waals surface area contributed by atoms with Crippen LogP contribution >= 0.6 is 15.9 Å². The number of ether oxygens (including phenoxy) is 2. The van der Waals surface area contributed by atoms with Crippen molar-refractivity contribution in [1.29, 1.82) is 0 Å². The van der Waals surface area contributed by atoms with Crippen molar-refractivity contribution in [1.82, 2.24) is 4.90 Å². The fourth-order valence-electron chi connectivity index (χ4n) is 2.94. The zero-order chi connectivity index (χ0) is 14.3. The molecule has 2 aliphatic rings. The Morgan fingerprint density at radius 1 is 1.35 bits per heavy atom. The smallest absolute Gasteiger partial charge is 0.231 e. The van der Waals surface area contributed by atoms with E-state index in [1.54, 1.807) is 0 Å². The van der Waals surface area contributed by atoms with Gasteiger partial charge in [0.1, 0.15) is 0 Å². The van der Waals surface area contributed by atoms with Crippen LogP contribution in [0.2, 0.25) is 0 Å². The molecule has 1 aromatic rings. The molecule has 1 unspecified atom stereocenters. The monoisotopic (exact) mass is 340 g/mol. The second-order valence-electron chi connectivity index (χ2n) is 6.39. The summed E-state index contributed by atoms with van der Waals surface area (Å²) >= 11 is 3.63. The van der Waals surface area contributed by atoms with E-state index in [-0.39, 0.29) is 5.41 Å². The Labute approximate surface area is 128 Å². The Balaban J connectivity index is 1.75. The Hall–Kier alpha value is -0.780. The maximum atomic E-state index is 6.20. The van der Waals surface area contributed by atoms with Crippen LogP contribution in [0.15, 0.2) is 16.6 Å². The first-order chi connectivity index (χ1) is 9.45. The van der Waals surface area contributed by atoms with E-state index in [1.165, 1.54) is 5.56 Å². The lowest BCUT2D eigenvalue weighted by atomic mass is 9.79. The maximum absolute atomic E-state index is 6.20. The molecule has 2 heterocycles. The first kappa shape index (κ1) is 14.2. The van der Waals surface area contributed by atoms with E-state index in [1.807, 2.05) is 6.07 Å². The van der Waals surface area contributed by atoms with Crippen LogP contribution in [0.4, 0.5) is 0 Å². The predicted octanol–water partition coefficient (Wildman–Crippen LogP) is 2.74. The van der Waals surface area contributed by atoms with Crippen molar-refractivity contribution in [2.75, 3.05) is 19.9 Å². The highest BCUT2D eigenvalue weighted by molar-refractivity contribution is 9.10. The van der Waals surface area contributed by atoms with Gasteiger partial charge in [-0.3, -0.25) is 4.90 Å². The molecule has 4 nitrogen and oxygen atoms in total. The van der Waals surface area contributed by atoms with Gasteiger partial charge in [0.15, 0.2) is 11.5 Å². The molecule has 0 spiro atoms. The van der Waals surface area contributed by atoms with E-state index in [9.17, 15) is 0 Å². The second kappa shape index (κ2) is 5.20. The summed E-state index contributed by atoms with van der Waals surface area (Å²) in [5.74, 6) is 1.66. The number of rotatable bonds is 2. The fraction of sp³-hybridized carbons (Fsp3) is 0.600. The van der Waals surface area contributed by atoms with Crippen LogP contribution in [0.1, 0.15) is 25.8 Å². The van der Waals surface area contributed by atoms with Crippen molar-refractivity contribution in [2.24, 2.45) is 11.1 Å². The summed E-state index contributed by atoms with van der Waals surface area (Å²) in [6.45, 7) is 7.79.